The molecule has 0 unspecified atom stereocenters. The van der Waals surface area contributed by atoms with Crippen LogP contribution >= 0.6 is 0 Å². The number of nitrogens with zero attached hydrogens (tertiary/aromatic N) is 5. The van der Waals surface area contributed by atoms with E-state index in [0.717, 1.165) is 15.6 Å². The molecule has 0 aliphatic carbocycles. The Morgan fingerprint density at radius 3 is 2.48 bits per heavy atom. The summed E-state index contributed by atoms with van der Waals surface area (Å²) in [6, 6.07) is 7.73. The van der Waals surface area contributed by atoms with Crippen LogP contribution in [0.25, 0.3) is 17.0 Å². The first-order valence-corrected chi connectivity index (χ1v) is 9.14. The molecule has 8 nitrogen and oxygen atoms in total. The first-order chi connectivity index (χ1) is 11.8. The fourth-order valence-corrected chi connectivity index (χ4v) is 3.52. The fourth-order valence-electron chi connectivity index (χ4n) is 2.40. The van der Waals surface area contributed by atoms with E-state index in [4.69, 9.17) is 4.52 Å². The Morgan fingerprint density at radius 1 is 1.20 bits per heavy atom. The summed E-state index contributed by atoms with van der Waals surface area (Å²) in [5.74, 6) is 0.673. The Morgan fingerprint density at radius 2 is 1.88 bits per heavy atom. The van der Waals surface area contributed by atoms with Crippen LogP contribution in [0.3, 0.4) is 0 Å². The minimum absolute atomic E-state index is 0.237. The van der Waals surface area contributed by atoms with Crippen molar-refractivity contribution in [2.75, 3.05) is 25.5 Å². The largest absolute Gasteiger partial charge is 0.378 e. The molecule has 0 saturated carbocycles. The number of allylic oxidation sites excluding steroid dienone is 1. The number of anilines is 1. The molecule has 3 rings (SSSR count). The summed E-state index contributed by atoms with van der Waals surface area (Å²) in [6.07, 6.45) is 1.48. The zero-order valence-electron chi connectivity index (χ0n) is 14.5. The summed E-state index contributed by atoms with van der Waals surface area (Å²) in [4.78, 5) is 6.38. The van der Waals surface area contributed by atoms with Crippen LogP contribution < -0.4 is 4.90 Å². The molecule has 0 radical (unpaired) electrons. The summed E-state index contributed by atoms with van der Waals surface area (Å²) in [7, 11) is 0.258. The van der Waals surface area contributed by atoms with Gasteiger partial charge in [0.05, 0.1) is 11.3 Å². The summed E-state index contributed by atoms with van der Waals surface area (Å²) in [6.45, 7) is 3.61. The molecule has 0 bridgehead atoms. The van der Waals surface area contributed by atoms with Crippen molar-refractivity contribution < 1.29 is 12.9 Å². The third-order valence-corrected chi connectivity index (χ3v) is 5.28. The molecule has 9 heteroatoms. The molecule has 0 amide bonds. The maximum absolute atomic E-state index is 11.9. The van der Waals surface area contributed by atoms with Gasteiger partial charge in [-0.3, -0.25) is 4.31 Å². The first kappa shape index (κ1) is 17.2. The van der Waals surface area contributed by atoms with E-state index in [1.807, 2.05) is 43.3 Å². The van der Waals surface area contributed by atoms with Crippen molar-refractivity contribution in [3.05, 3.63) is 36.4 Å². The van der Waals surface area contributed by atoms with Gasteiger partial charge in [-0.05, 0) is 38.1 Å². The molecule has 25 heavy (non-hydrogen) atoms. The lowest BCUT2D eigenvalue weighted by Gasteiger charge is -2.20. The normalized spacial score (nSPS) is 16.4. The Balaban J connectivity index is 1.94. The standard InChI is InChI=1S/C16H19N5O3S/c1-5-21-10-14(11(2)19-25(21,22)23)16-17-15(18-24-16)12-6-8-13(9-7-12)20(3)4/h6-10H,5H2,1-4H3. The molecule has 0 spiro atoms. The van der Waals surface area contributed by atoms with E-state index < -0.39 is 10.2 Å². The lowest BCUT2D eigenvalue weighted by atomic mass is 10.1. The number of hydrogen-bond acceptors (Lipinski definition) is 6. The second-order valence-electron chi connectivity index (χ2n) is 5.77. The SMILES string of the molecule is CCN1C=C(c2nc(-c3ccc(N(C)C)cc3)no2)C(C)=NS1(=O)=O. The maximum atomic E-state index is 11.9. The van der Waals surface area contributed by atoms with Gasteiger partial charge in [0.2, 0.25) is 5.82 Å². The Bertz CT molecular complexity index is 942. The van der Waals surface area contributed by atoms with E-state index in [9.17, 15) is 8.42 Å². The number of aromatic nitrogens is 2. The second kappa shape index (κ2) is 6.32. The molecule has 2 aromatic rings. The van der Waals surface area contributed by atoms with E-state index in [1.165, 1.54) is 6.20 Å². The van der Waals surface area contributed by atoms with Crippen molar-refractivity contribution in [3.8, 4) is 11.4 Å². The number of rotatable bonds is 4. The van der Waals surface area contributed by atoms with Crippen molar-refractivity contribution in [3.63, 3.8) is 0 Å². The Kier molecular flexibility index (Phi) is 4.34. The van der Waals surface area contributed by atoms with Gasteiger partial charge in [-0.2, -0.15) is 13.4 Å². The number of hydrogen-bond donors (Lipinski definition) is 0. The molecule has 2 heterocycles. The molecule has 1 aromatic heterocycles. The number of benzene rings is 1. The Labute approximate surface area is 146 Å². The third kappa shape index (κ3) is 3.27. The molecule has 1 aromatic carbocycles. The zero-order chi connectivity index (χ0) is 18.2. The second-order valence-corrected chi connectivity index (χ2v) is 7.31. The highest BCUT2D eigenvalue weighted by Crippen LogP contribution is 2.26. The predicted octanol–water partition coefficient (Wildman–Crippen LogP) is 2.18. The van der Waals surface area contributed by atoms with Crippen molar-refractivity contribution in [2.45, 2.75) is 13.8 Å². The van der Waals surface area contributed by atoms with Gasteiger partial charge in [0.1, 0.15) is 0 Å². The van der Waals surface area contributed by atoms with E-state index in [2.05, 4.69) is 14.5 Å². The van der Waals surface area contributed by atoms with Crippen LogP contribution in [0.15, 0.2) is 39.4 Å². The molecule has 0 N–H and O–H groups in total. The quantitative estimate of drug-likeness (QED) is 0.829. The molecule has 0 atom stereocenters. The third-order valence-electron chi connectivity index (χ3n) is 3.82. The van der Waals surface area contributed by atoms with Crippen LogP contribution in [-0.2, 0) is 10.2 Å². The smallest absolute Gasteiger partial charge is 0.344 e. The predicted molar refractivity (Wildman–Crippen MR) is 96.4 cm³/mol. The summed E-state index contributed by atoms with van der Waals surface area (Å²) >= 11 is 0. The molecule has 0 saturated heterocycles. The summed E-state index contributed by atoms with van der Waals surface area (Å²) in [5, 5.41) is 3.99. The van der Waals surface area contributed by atoms with Gasteiger partial charge in [-0.1, -0.05) is 5.16 Å². The van der Waals surface area contributed by atoms with Gasteiger partial charge in [-0.25, -0.2) is 0 Å². The topological polar surface area (TPSA) is 91.9 Å². The first-order valence-electron chi connectivity index (χ1n) is 7.74. The average molecular weight is 361 g/mol. The van der Waals surface area contributed by atoms with Crippen molar-refractivity contribution in [1.82, 2.24) is 14.4 Å². The van der Waals surface area contributed by atoms with E-state index >= 15 is 0 Å². The Hall–Kier alpha value is -2.68. The van der Waals surface area contributed by atoms with Gasteiger partial charge in [0.25, 0.3) is 5.89 Å². The van der Waals surface area contributed by atoms with E-state index in [1.54, 1.807) is 13.8 Å². The molecule has 1 aliphatic rings. The lowest BCUT2D eigenvalue weighted by molar-refractivity contribution is 0.408. The molecule has 1 aliphatic heterocycles. The van der Waals surface area contributed by atoms with Crippen LogP contribution in [-0.4, -0.2) is 49.2 Å². The van der Waals surface area contributed by atoms with Gasteiger partial charge >= 0.3 is 10.2 Å². The van der Waals surface area contributed by atoms with Crippen LogP contribution in [0, 0.1) is 0 Å². The van der Waals surface area contributed by atoms with Gasteiger partial charge < -0.3 is 9.42 Å². The maximum Gasteiger partial charge on any atom is 0.344 e. The van der Waals surface area contributed by atoms with E-state index in [-0.39, 0.29) is 12.4 Å². The zero-order valence-corrected chi connectivity index (χ0v) is 15.3. The van der Waals surface area contributed by atoms with Crippen molar-refractivity contribution in [1.29, 1.82) is 0 Å². The minimum atomic E-state index is -3.67. The highest BCUT2D eigenvalue weighted by molar-refractivity contribution is 7.88. The van der Waals surface area contributed by atoms with Crippen molar-refractivity contribution in [2.24, 2.45) is 4.40 Å². The fraction of sp³-hybridized carbons (Fsp3) is 0.312. The highest BCUT2D eigenvalue weighted by atomic mass is 32.2. The highest BCUT2D eigenvalue weighted by Gasteiger charge is 2.27. The summed E-state index contributed by atoms with van der Waals surface area (Å²) in [5.41, 5.74) is 2.70. The van der Waals surface area contributed by atoms with E-state index in [0.29, 0.717) is 17.1 Å². The minimum Gasteiger partial charge on any atom is -0.378 e. The van der Waals surface area contributed by atoms with Crippen LogP contribution in [0.2, 0.25) is 0 Å². The lowest BCUT2D eigenvalue weighted by Crippen LogP contribution is -2.29. The van der Waals surface area contributed by atoms with Crippen LogP contribution in [0.1, 0.15) is 19.7 Å². The molecular weight excluding hydrogens is 342 g/mol. The van der Waals surface area contributed by atoms with Crippen LogP contribution in [0.4, 0.5) is 5.69 Å². The molecular formula is C16H19N5O3S. The average Bonchev–Trinajstić information content (AvgIpc) is 3.04. The van der Waals surface area contributed by atoms with Crippen molar-refractivity contribution >= 4 is 27.2 Å². The van der Waals surface area contributed by atoms with Gasteiger partial charge in [0, 0.05) is 38.1 Å². The molecule has 132 valence electrons. The monoisotopic (exact) mass is 361 g/mol. The van der Waals surface area contributed by atoms with Gasteiger partial charge in [-0.15, -0.1) is 4.40 Å². The van der Waals surface area contributed by atoms with Gasteiger partial charge in [0.15, 0.2) is 0 Å². The summed E-state index contributed by atoms with van der Waals surface area (Å²) < 4.78 is 34.1. The molecule has 0 fully saturated rings. The van der Waals surface area contributed by atoms with Crippen LogP contribution in [0.5, 0.6) is 0 Å².